The first-order valence-electron chi connectivity index (χ1n) is 6.97. The number of anilines is 1. The fraction of sp³-hybridized carbons (Fsp3) is 0.333. The summed E-state index contributed by atoms with van der Waals surface area (Å²) in [6, 6.07) is 4.14. The van der Waals surface area contributed by atoms with Gasteiger partial charge in [0.15, 0.2) is 5.82 Å². The maximum atomic E-state index is 4.80. The summed E-state index contributed by atoms with van der Waals surface area (Å²) in [5, 5.41) is 6.77. The Morgan fingerprint density at radius 2 is 2.25 bits per heavy atom. The van der Waals surface area contributed by atoms with Crippen molar-refractivity contribution in [3.8, 4) is 10.7 Å². The average molecular weight is 301 g/mol. The van der Waals surface area contributed by atoms with Crippen molar-refractivity contribution in [2.24, 2.45) is 0 Å². The highest BCUT2D eigenvalue weighted by Gasteiger charge is 2.22. The van der Waals surface area contributed by atoms with Gasteiger partial charge in [0.1, 0.15) is 10.6 Å². The summed E-state index contributed by atoms with van der Waals surface area (Å²) < 4.78 is 0. The van der Waals surface area contributed by atoms with Gasteiger partial charge in [-0.25, -0.2) is 9.97 Å². The minimum absolute atomic E-state index is 0.850. The zero-order valence-corrected chi connectivity index (χ0v) is 12.9. The van der Waals surface area contributed by atoms with Crippen LogP contribution in [0, 0.1) is 0 Å². The van der Waals surface area contributed by atoms with Crippen LogP contribution in [-0.2, 0) is 12.8 Å². The molecule has 0 amide bonds. The minimum atomic E-state index is 0.850. The van der Waals surface area contributed by atoms with E-state index in [1.165, 1.54) is 35.1 Å². The molecule has 3 heterocycles. The Balaban J connectivity index is 1.97. The van der Waals surface area contributed by atoms with E-state index < -0.39 is 0 Å². The maximum absolute atomic E-state index is 4.80. The van der Waals surface area contributed by atoms with Crippen molar-refractivity contribution < 1.29 is 0 Å². The highest BCUT2D eigenvalue weighted by Crippen LogP contribution is 2.40. The van der Waals surface area contributed by atoms with Gasteiger partial charge in [0.25, 0.3) is 0 Å². The molecule has 3 nitrogen and oxygen atoms in total. The molecule has 0 aliphatic heterocycles. The van der Waals surface area contributed by atoms with Crippen molar-refractivity contribution in [2.75, 3.05) is 11.9 Å². The first-order valence-corrected chi connectivity index (χ1v) is 8.66. The van der Waals surface area contributed by atoms with Gasteiger partial charge in [-0.3, -0.25) is 0 Å². The molecule has 4 rings (SSSR count). The monoisotopic (exact) mass is 301 g/mol. The standard InChI is InChI=1S/C15H15N3S2/c1-2-16-14-12-9-5-3-6-10(9)20-15(12)18-13(17-14)11-7-4-8-19-11/h4,7-8H,2-3,5-6H2,1H3,(H,16,17,18). The number of thiophene rings is 2. The number of hydrogen-bond acceptors (Lipinski definition) is 5. The summed E-state index contributed by atoms with van der Waals surface area (Å²) in [5.74, 6) is 1.86. The molecule has 0 atom stereocenters. The van der Waals surface area contributed by atoms with E-state index in [0.717, 1.165) is 27.9 Å². The van der Waals surface area contributed by atoms with E-state index in [9.17, 15) is 0 Å². The zero-order chi connectivity index (χ0) is 13.5. The summed E-state index contributed by atoms with van der Waals surface area (Å²) in [6.07, 6.45) is 3.65. The number of nitrogens with zero attached hydrogens (tertiary/aromatic N) is 2. The lowest BCUT2D eigenvalue weighted by molar-refractivity contribution is 0.917. The van der Waals surface area contributed by atoms with Crippen molar-refractivity contribution in [3.05, 3.63) is 28.0 Å². The highest BCUT2D eigenvalue weighted by molar-refractivity contribution is 7.19. The van der Waals surface area contributed by atoms with E-state index in [0.29, 0.717) is 0 Å². The fourth-order valence-electron chi connectivity index (χ4n) is 2.81. The van der Waals surface area contributed by atoms with Gasteiger partial charge < -0.3 is 5.32 Å². The van der Waals surface area contributed by atoms with Crippen LogP contribution < -0.4 is 5.32 Å². The van der Waals surface area contributed by atoms with Crippen LogP contribution in [-0.4, -0.2) is 16.5 Å². The third-order valence-corrected chi connectivity index (χ3v) is 5.70. The van der Waals surface area contributed by atoms with Crippen LogP contribution in [0.2, 0.25) is 0 Å². The lowest BCUT2D eigenvalue weighted by Crippen LogP contribution is -2.02. The minimum Gasteiger partial charge on any atom is -0.370 e. The predicted molar refractivity (Wildman–Crippen MR) is 86.9 cm³/mol. The van der Waals surface area contributed by atoms with E-state index in [-0.39, 0.29) is 0 Å². The first kappa shape index (κ1) is 12.3. The van der Waals surface area contributed by atoms with Gasteiger partial charge in [0, 0.05) is 11.4 Å². The van der Waals surface area contributed by atoms with Gasteiger partial charge in [-0.15, -0.1) is 22.7 Å². The third kappa shape index (κ3) is 1.84. The zero-order valence-electron chi connectivity index (χ0n) is 11.3. The molecule has 0 unspecified atom stereocenters. The van der Waals surface area contributed by atoms with Gasteiger partial charge in [0.05, 0.1) is 10.3 Å². The number of aryl methyl sites for hydroxylation is 2. The number of hydrogen-bond donors (Lipinski definition) is 1. The molecule has 20 heavy (non-hydrogen) atoms. The molecule has 0 fully saturated rings. The van der Waals surface area contributed by atoms with Crippen molar-refractivity contribution in [1.29, 1.82) is 0 Å². The van der Waals surface area contributed by atoms with Gasteiger partial charge >= 0.3 is 0 Å². The molecular weight excluding hydrogens is 286 g/mol. The molecule has 5 heteroatoms. The molecule has 0 aromatic carbocycles. The molecule has 1 N–H and O–H groups in total. The van der Waals surface area contributed by atoms with Crippen molar-refractivity contribution in [3.63, 3.8) is 0 Å². The van der Waals surface area contributed by atoms with E-state index in [1.54, 1.807) is 11.3 Å². The second-order valence-electron chi connectivity index (χ2n) is 4.94. The topological polar surface area (TPSA) is 37.8 Å². The third-order valence-electron chi connectivity index (χ3n) is 3.65. The number of aromatic nitrogens is 2. The van der Waals surface area contributed by atoms with Crippen LogP contribution in [0.1, 0.15) is 23.8 Å². The molecule has 1 aliphatic carbocycles. The summed E-state index contributed by atoms with van der Waals surface area (Å²) in [7, 11) is 0. The van der Waals surface area contributed by atoms with E-state index >= 15 is 0 Å². The van der Waals surface area contributed by atoms with Crippen LogP contribution in [0.15, 0.2) is 17.5 Å². The summed E-state index contributed by atoms with van der Waals surface area (Å²) in [6.45, 7) is 3.01. The van der Waals surface area contributed by atoms with E-state index in [1.807, 2.05) is 11.3 Å². The van der Waals surface area contributed by atoms with Crippen molar-refractivity contribution in [1.82, 2.24) is 9.97 Å². The molecule has 0 bridgehead atoms. The Kier molecular flexibility index (Phi) is 2.97. The van der Waals surface area contributed by atoms with Crippen molar-refractivity contribution >= 4 is 38.7 Å². The number of fused-ring (bicyclic) bond motifs is 3. The van der Waals surface area contributed by atoms with E-state index in [2.05, 4.69) is 29.8 Å². The fourth-order valence-corrected chi connectivity index (χ4v) is 4.73. The first-order chi connectivity index (χ1) is 9.86. The Morgan fingerprint density at radius 3 is 3.05 bits per heavy atom. The smallest absolute Gasteiger partial charge is 0.173 e. The summed E-state index contributed by atoms with van der Waals surface area (Å²) >= 11 is 3.55. The molecule has 0 radical (unpaired) electrons. The molecule has 0 saturated heterocycles. The van der Waals surface area contributed by atoms with Crippen LogP contribution in [0.25, 0.3) is 20.9 Å². The van der Waals surface area contributed by atoms with Crippen LogP contribution in [0.5, 0.6) is 0 Å². The summed E-state index contributed by atoms with van der Waals surface area (Å²) in [4.78, 5) is 13.4. The molecule has 1 aliphatic rings. The van der Waals surface area contributed by atoms with Crippen LogP contribution in [0.3, 0.4) is 0 Å². The lowest BCUT2D eigenvalue weighted by atomic mass is 10.2. The van der Waals surface area contributed by atoms with Gasteiger partial charge in [-0.2, -0.15) is 0 Å². The summed E-state index contributed by atoms with van der Waals surface area (Å²) in [5.41, 5.74) is 1.48. The van der Waals surface area contributed by atoms with E-state index in [4.69, 9.17) is 9.97 Å². The predicted octanol–water partition coefficient (Wildman–Crippen LogP) is 4.34. The van der Waals surface area contributed by atoms with Crippen LogP contribution in [0.4, 0.5) is 5.82 Å². The maximum Gasteiger partial charge on any atom is 0.173 e. The SMILES string of the molecule is CCNc1nc(-c2cccs2)nc2sc3c(c12)CCC3. The van der Waals surface area contributed by atoms with Crippen molar-refractivity contribution in [2.45, 2.75) is 26.2 Å². The Hall–Kier alpha value is -1.46. The molecule has 0 spiro atoms. The average Bonchev–Trinajstić information content (AvgIpc) is 3.15. The molecular formula is C15H15N3S2. The number of nitrogens with one attached hydrogen (secondary N) is 1. The second-order valence-corrected chi connectivity index (χ2v) is 6.97. The Bertz CT molecular complexity index is 759. The van der Waals surface area contributed by atoms with Gasteiger partial charge in [0.2, 0.25) is 0 Å². The molecule has 0 saturated carbocycles. The molecule has 3 aromatic rings. The lowest BCUT2D eigenvalue weighted by Gasteiger charge is -2.07. The Labute approximate surface area is 125 Å². The number of rotatable bonds is 3. The van der Waals surface area contributed by atoms with Gasteiger partial charge in [-0.1, -0.05) is 6.07 Å². The second kappa shape index (κ2) is 4.82. The molecule has 102 valence electrons. The molecule has 3 aromatic heterocycles. The quantitative estimate of drug-likeness (QED) is 0.782. The Morgan fingerprint density at radius 1 is 1.30 bits per heavy atom. The highest BCUT2D eigenvalue weighted by atomic mass is 32.1. The van der Waals surface area contributed by atoms with Gasteiger partial charge in [-0.05, 0) is 43.2 Å². The van der Waals surface area contributed by atoms with Crippen LogP contribution >= 0.6 is 22.7 Å². The normalized spacial score (nSPS) is 13.8. The largest absolute Gasteiger partial charge is 0.370 e.